The van der Waals surface area contributed by atoms with Crippen molar-refractivity contribution in [2.45, 2.75) is 4.90 Å². The summed E-state index contributed by atoms with van der Waals surface area (Å²) in [6.45, 7) is -0.128. The lowest BCUT2D eigenvalue weighted by Crippen LogP contribution is -2.35. The average Bonchev–Trinajstić information content (AvgIpc) is 2.65. The first-order valence-electron chi connectivity index (χ1n) is 7.73. The van der Waals surface area contributed by atoms with E-state index >= 15 is 0 Å². The quantitative estimate of drug-likeness (QED) is 0.629. The molecule has 0 unspecified atom stereocenters. The number of hydrogen-bond donors (Lipinski definition) is 2. The van der Waals surface area contributed by atoms with Gasteiger partial charge in [0.05, 0.1) is 7.11 Å². The van der Waals surface area contributed by atoms with E-state index in [1.807, 2.05) is 4.72 Å². The second-order valence-electron chi connectivity index (χ2n) is 5.34. The van der Waals surface area contributed by atoms with Gasteiger partial charge in [-0.2, -0.15) is 15.0 Å². The molecule has 1 heterocycles. The van der Waals surface area contributed by atoms with E-state index < -0.39 is 16.1 Å². The zero-order valence-electron chi connectivity index (χ0n) is 15.3. The number of terminal acetylenes is 1. The highest BCUT2D eigenvalue weighted by atomic mass is 32.2. The molecule has 0 fully saturated rings. The minimum atomic E-state index is -4.25. The molecule has 2 amide bonds. The number of amides is 2. The molecule has 2 rings (SSSR count). The third-order valence-corrected chi connectivity index (χ3v) is 4.46. The standard InChI is InChI=1S/C16H18N6O5S/c1-5-10-27-11-8-6-7-9-12(11)28(24,25)21-15(23)18-13-17-14(22(2)3)20-16(19-13)26-4/h1,6-9H,10H2,2-4H3,(H2,17,18,19,20,21,23). The summed E-state index contributed by atoms with van der Waals surface area (Å²) in [5, 5.41) is 2.23. The number of rotatable bonds is 7. The second kappa shape index (κ2) is 8.87. The molecule has 0 aliphatic carbocycles. The molecule has 2 aromatic rings. The van der Waals surface area contributed by atoms with Crippen molar-refractivity contribution in [2.75, 3.05) is 38.0 Å². The number of sulfonamides is 1. The van der Waals surface area contributed by atoms with Crippen molar-refractivity contribution < 1.29 is 22.7 Å². The maximum absolute atomic E-state index is 12.5. The summed E-state index contributed by atoms with van der Waals surface area (Å²) in [5.74, 6) is 2.26. The summed E-state index contributed by atoms with van der Waals surface area (Å²) < 4.78 is 37.1. The minimum Gasteiger partial charge on any atom is -0.480 e. The van der Waals surface area contributed by atoms with Gasteiger partial charge in [0, 0.05) is 14.1 Å². The highest BCUT2D eigenvalue weighted by Gasteiger charge is 2.23. The van der Waals surface area contributed by atoms with Gasteiger partial charge in [-0.25, -0.2) is 17.9 Å². The summed E-state index contributed by atoms with van der Waals surface area (Å²) in [6, 6.07) is 4.62. The smallest absolute Gasteiger partial charge is 0.335 e. The number of hydrogen-bond acceptors (Lipinski definition) is 9. The molecule has 0 radical (unpaired) electrons. The highest BCUT2D eigenvalue weighted by Crippen LogP contribution is 2.23. The number of nitrogens with one attached hydrogen (secondary N) is 2. The van der Waals surface area contributed by atoms with Gasteiger partial charge in [-0.1, -0.05) is 18.1 Å². The summed E-state index contributed by atoms with van der Waals surface area (Å²) in [5.41, 5.74) is 0. The average molecular weight is 406 g/mol. The fourth-order valence-electron chi connectivity index (χ4n) is 1.91. The van der Waals surface area contributed by atoms with Crippen LogP contribution in [0.5, 0.6) is 11.8 Å². The Bertz CT molecular complexity index is 1000. The summed E-state index contributed by atoms with van der Waals surface area (Å²) in [7, 11) is 0.446. The van der Waals surface area contributed by atoms with Crippen LogP contribution >= 0.6 is 0 Å². The number of aromatic nitrogens is 3. The van der Waals surface area contributed by atoms with Gasteiger partial charge in [0.2, 0.25) is 11.9 Å². The molecule has 11 nitrogen and oxygen atoms in total. The Morgan fingerprint density at radius 2 is 1.96 bits per heavy atom. The maximum Gasteiger partial charge on any atom is 0.335 e. The van der Waals surface area contributed by atoms with Gasteiger partial charge in [-0.15, -0.1) is 6.42 Å². The first-order valence-corrected chi connectivity index (χ1v) is 9.21. The van der Waals surface area contributed by atoms with Crippen molar-refractivity contribution in [1.29, 1.82) is 0 Å². The number of anilines is 2. The Balaban J connectivity index is 2.21. The van der Waals surface area contributed by atoms with Crippen LogP contribution in [0.3, 0.4) is 0 Å². The molecule has 28 heavy (non-hydrogen) atoms. The van der Waals surface area contributed by atoms with E-state index in [9.17, 15) is 13.2 Å². The second-order valence-corrected chi connectivity index (χ2v) is 6.99. The summed E-state index contributed by atoms with van der Waals surface area (Å²) in [4.78, 5) is 25.3. The van der Waals surface area contributed by atoms with Crippen LogP contribution in [0.25, 0.3) is 0 Å². The van der Waals surface area contributed by atoms with E-state index in [1.165, 1.54) is 25.3 Å². The maximum atomic E-state index is 12.5. The molecule has 0 atom stereocenters. The number of carbonyl (C=O) groups excluding carboxylic acids is 1. The van der Waals surface area contributed by atoms with Crippen LogP contribution in [-0.4, -0.2) is 57.2 Å². The van der Waals surface area contributed by atoms with Gasteiger partial charge in [-0.05, 0) is 12.1 Å². The van der Waals surface area contributed by atoms with Gasteiger partial charge in [-0.3, -0.25) is 5.32 Å². The first kappa shape index (κ1) is 20.7. The SMILES string of the molecule is C#CCOc1ccccc1S(=O)(=O)NC(=O)Nc1nc(OC)nc(N(C)C)n1. The van der Waals surface area contributed by atoms with Crippen molar-refractivity contribution in [3.63, 3.8) is 0 Å². The summed E-state index contributed by atoms with van der Waals surface area (Å²) >= 11 is 0. The summed E-state index contributed by atoms with van der Waals surface area (Å²) in [6.07, 6.45) is 5.12. The van der Waals surface area contributed by atoms with Crippen LogP contribution in [-0.2, 0) is 10.0 Å². The van der Waals surface area contributed by atoms with Gasteiger partial charge < -0.3 is 14.4 Å². The molecule has 12 heteroatoms. The minimum absolute atomic E-state index is 0.0116. The number of carbonyl (C=O) groups is 1. The van der Waals surface area contributed by atoms with E-state index in [0.29, 0.717) is 0 Å². The first-order chi connectivity index (χ1) is 13.3. The monoisotopic (exact) mass is 406 g/mol. The van der Waals surface area contributed by atoms with Crippen LogP contribution < -0.4 is 24.4 Å². The van der Waals surface area contributed by atoms with Gasteiger partial charge in [0.15, 0.2) is 0 Å². The van der Waals surface area contributed by atoms with Gasteiger partial charge in [0.1, 0.15) is 17.3 Å². The Labute approximate surface area is 162 Å². The van der Waals surface area contributed by atoms with Gasteiger partial charge in [0.25, 0.3) is 10.0 Å². The van der Waals surface area contributed by atoms with E-state index in [4.69, 9.17) is 15.9 Å². The van der Waals surface area contributed by atoms with Crippen LogP contribution in [0.4, 0.5) is 16.7 Å². The van der Waals surface area contributed by atoms with Crippen LogP contribution in [0.1, 0.15) is 0 Å². The molecule has 148 valence electrons. The third-order valence-electron chi connectivity index (χ3n) is 3.09. The van der Waals surface area contributed by atoms with Gasteiger partial charge >= 0.3 is 12.0 Å². The van der Waals surface area contributed by atoms with Crippen molar-refractivity contribution >= 4 is 28.0 Å². The molecule has 1 aromatic heterocycles. The zero-order chi connectivity index (χ0) is 20.7. The van der Waals surface area contributed by atoms with Crippen LogP contribution in [0.2, 0.25) is 0 Å². The Morgan fingerprint density at radius 3 is 2.61 bits per heavy atom. The third kappa shape index (κ3) is 5.21. The highest BCUT2D eigenvalue weighted by molar-refractivity contribution is 7.90. The predicted octanol–water partition coefficient (Wildman–Crippen LogP) is 0.469. The van der Waals surface area contributed by atoms with Crippen LogP contribution in [0, 0.1) is 12.3 Å². The zero-order valence-corrected chi connectivity index (χ0v) is 16.1. The van der Waals surface area contributed by atoms with Crippen molar-refractivity contribution in [3.8, 4) is 24.1 Å². The number of methoxy groups -OCH3 is 1. The molecular weight excluding hydrogens is 388 g/mol. The molecule has 0 spiro atoms. The number of urea groups is 1. The Hall–Kier alpha value is -3.59. The van der Waals surface area contributed by atoms with Crippen LogP contribution in [0.15, 0.2) is 29.2 Å². The molecule has 0 saturated heterocycles. The lowest BCUT2D eigenvalue weighted by Gasteiger charge is -2.13. The Morgan fingerprint density at radius 1 is 1.25 bits per heavy atom. The molecule has 0 aliphatic heterocycles. The number of para-hydroxylation sites is 1. The molecule has 2 N–H and O–H groups in total. The normalized spacial score (nSPS) is 10.5. The van der Waals surface area contributed by atoms with Crippen molar-refractivity contribution in [2.24, 2.45) is 0 Å². The largest absolute Gasteiger partial charge is 0.480 e. The molecule has 0 bridgehead atoms. The van der Waals surface area contributed by atoms with Crippen molar-refractivity contribution in [3.05, 3.63) is 24.3 Å². The lowest BCUT2D eigenvalue weighted by molar-refractivity contribution is 0.256. The number of nitrogens with zero attached hydrogens (tertiary/aromatic N) is 4. The van der Waals surface area contributed by atoms with Crippen molar-refractivity contribution in [1.82, 2.24) is 19.7 Å². The molecule has 1 aromatic carbocycles. The lowest BCUT2D eigenvalue weighted by atomic mass is 10.3. The fraction of sp³-hybridized carbons (Fsp3) is 0.250. The molecule has 0 saturated carbocycles. The molecule has 0 aliphatic rings. The fourth-order valence-corrected chi connectivity index (χ4v) is 2.96. The molecular formula is C16H18N6O5S. The van der Waals surface area contributed by atoms with E-state index in [-0.39, 0.29) is 35.2 Å². The van der Waals surface area contributed by atoms with E-state index in [1.54, 1.807) is 25.1 Å². The Kier molecular flexibility index (Phi) is 6.56. The predicted molar refractivity (Wildman–Crippen MR) is 101 cm³/mol. The topological polar surface area (TPSA) is 136 Å². The van der Waals surface area contributed by atoms with E-state index in [2.05, 4.69) is 26.2 Å². The van der Waals surface area contributed by atoms with E-state index in [0.717, 1.165) is 0 Å². The number of benzene rings is 1. The number of ether oxygens (including phenoxy) is 2.